The third kappa shape index (κ3) is 4.57. The van der Waals surface area contributed by atoms with E-state index in [4.69, 9.17) is 11.6 Å². The molecule has 1 aliphatic heterocycles. The number of nitrogens with one attached hydrogen (secondary N) is 1. The zero-order chi connectivity index (χ0) is 11.3. The lowest BCUT2D eigenvalue weighted by Gasteiger charge is -2.13. The normalized spacial score (nSPS) is 15.5. The summed E-state index contributed by atoms with van der Waals surface area (Å²) in [5.41, 5.74) is 0. The monoisotopic (exact) mass is 248 g/mol. The Kier molecular flexibility index (Phi) is 4.98. The van der Waals surface area contributed by atoms with Crippen LogP contribution in [0.4, 0.5) is 4.79 Å². The van der Waals surface area contributed by atoms with E-state index in [1.807, 2.05) is 0 Å². The van der Waals surface area contributed by atoms with Gasteiger partial charge in [-0.2, -0.15) is 0 Å². The first-order valence-corrected chi connectivity index (χ1v) is 5.97. The highest BCUT2D eigenvalue weighted by Crippen LogP contribution is 2.16. The second kappa shape index (κ2) is 6.02. The highest BCUT2D eigenvalue weighted by atomic mass is 35.5. The van der Waals surface area contributed by atoms with Crippen LogP contribution in [0, 0.1) is 0 Å². The number of hydrogen-bond donors (Lipinski definition) is 1. The van der Waals surface area contributed by atoms with E-state index in [1.54, 1.807) is 4.90 Å². The molecule has 0 aliphatic carbocycles. The van der Waals surface area contributed by atoms with E-state index in [9.17, 15) is 9.59 Å². The van der Waals surface area contributed by atoms with Gasteiger partial charge in [-0.3, -0.25) is 9.59 Å². The van der Waals surface area contributed by atoms with Crippen LogP contribution in [0.25, 0.3) is 0 Å². The maximum atomic E-state index is 11.3. The molecule has 6 heteroatoms. The molecule has 84 valence electrons. The molecule has 1 heterocycles. The van der Waals surface area contributed by atoms with Crippen molar-refractivity contribution in [1.82, 2.24) is 10.2 Å². The number of hydrogen-bond acceptors (Lipinski definition) is 3. The number of thioether (sulfide) groups is 1. The number of nitrogens with zero attached hydrogens (tertiary/aromatic N) is 1. The van der Waals surface area contributed by atoms with Gasteiger partial charge in [-0.1, -0.05) is 29.9 Å². The van der Waals surface area contributed by atoms with Crippen LogP contribution in [-0.4, -0.2) is 41.4 Å². The van der Waals surface area contributed by atoms with Gasteiger partial charge in [0.2, 0.25) is 5.91 Å². The topological polar surface area (TPSA) is 49.4 Å². The molecule has 1 rings (SSSR count). The molecule has 0 radical (unpaired) electrons. The fourth-order valence-electron chi connectivity index (χ4n) is 1.15. The SMILES string of the molecule is C=C(Cl)CNC(=O)CCN1CCSC1=O. The summed E-state index contributed by atoms with van der Waals surface area (Å²) >= 11 is 6.79. The summed E-state index contributed by atoms with van der Waals surface area (Å²) in [6.07, 6.45) is 0.316. The minimum absolute atomic E-state index is 0.0598. The predicted octanol–water partition coefficient (Wildman–Crippen LogP) is 1.41. The van der Waals surface area contributed by atoms with Crippen molar-refractivity contribution in [1.29, 1.82) is 0 Å². The van der Waals surface area contributed by atoms with E-state index in [0.29, 0.717) is 18.0 Å². The molecule has 2 amide bonds. The second-order valence-corrected chi connectivity index (χ2v) is 4.73. The van der Waals surface area contributed by atoms with Gasteiger partial charge in [-0.15, -0.1) is 0 Å². The lowest BCUT2D eigenvalue weighted by Crippen LogP contribution is -2.31. The lowest BCUT2D eigenvalue weighted by molar-refractivity contribution is -0.121. The molecule has 0 atom stereocenters. The van der Waals surface area contributed by atoms with Gasteiger partial charge in [0.1, 0.15) is 0 Å². The van der Waals surface area contributed by atoms with Crippen molar-refractivity contribution < 1.29 is 9.59 Å². The van der Waals surface area contributed by atoms with Crippen molar-refractivity contribution in [3.05, 3.63) is 11.6 Å². The predicted molar refractivity (Wildman–Crippen MR) is 62.0 cm³/mol. The maximum absolute atomic E-state index is 11.3. The van der Waals surface area contributed by atoms with Gasteiger partial charge in [0, 0.05) is 30.3 Å². The standard InChI is InChI=1S/C9H13ClN2O2S/c1-7(10)6-11-8(13)2-3-12-4-5-15-9(12)14/h1-6H2,(H,11,13). The molecule has 1 fully saturated rings. The maximum Gasteiger partial charge on any atom is 0.281 e. The molecule has 15 heavy (non-hydrogen) atoms. The first kappa shape index (κ1) is 12.4. The van der Waals surface area contributed by atoms with Gasteiger partial charge < -0.3 is 10.2 Å². The summed E-state index contributed by atoms with van der Waals surface area (Å²) in [7, 11) is 0. The third-order valence-electron chi connectivity index (χ3n) is 1.93. The van der Waals surface area contributed by atoms with Crippen molar-refractivity contribution in [2.75, 3.05) is 25.4 Å². The minimum Gasteiger partial charge on any atom is -0.351 e. The fourth-order valence-corrected chi connectivity index (χ4v) is 2.07. The summed E-state index contributed by atoms with van der Waals surface area (Å²) in [6.45, 7) is 4.95. The van der Waals surface area contributed by atoms with Crippen molar-refractivity contribution in [2.45, 2.75) is 6.42 Å². The summed E-state index contributed by atoms with van der Waals surface area (Å²) < 4.78 is 0. The van der Waals surface area contributed by atoms with E-state index in [2.05, 4.69) is 11.9 Å². The van der Waals surface area contributed by atoms with Crippen molar-refractivity contribution in [3.63, 3.8) is 0 Å². The highest BCUT2D eigenvalue weighted by molar-refractivity contribution is 8.13. The zero-order valence-electron chi connectivity index (χ0n) is 8.29. The quantitative estimate of drug-likeness (QED) is 0.801. The number of halogens is 1. The second-order valence-electron chi connectivity index (χ2n) is 3.15. The van der Waals surface area contributed by atoms with Crippen LogP contribution < -0.4 is 5.32 Å². The Balaban J connectivity index is 2.16. The molecule has 0 bridgehead atoms. The van der Waals surface area contributed by atoms with Gasteiger partial charge in [-0.05, 0) is 0 Å². The van der Waals surface area contributed by atoms with Crippen molar-refractivity contribution in [2.24, 2.45) is 0 Å². The third-order valence-corrected chi connectivity index (χ3v) is 2.96. The van der Waals surface area contributed by atoms with Gasteiger partial charge in [-0.25, -0.2) is 0 Å². The van der Waals surface area contributed by atoms with Crippen LogP contribution in [-0.2, 0) is 4.79 Å². The Morgan fingerprint density at radius 2 is 2.40 bits per heavy atom. The molecule has 0 aromatic rings. The average Bonchev–Trinajstić information content (AvgIpc) is 2.58. The highest BCUT2D eigenvalue weighted by Gasteiger charge is 2.21. The molecule has 0 aromatic heterocycles. The van der Waals surface area contributed by atoms with E-state index in [-0.39, 0.29) is 17.7 Å². The summed E-state index contributed by atoms with van der Waals surface area (Å²) in [5.74, 6) is 0.709. The van der Waals surface area contributed by atoms with E-state index in [1.165, 1.54) is 11.8 Å². The Morgan fingerprint density at radius 3 is 2.93 bits per heavy atom. The lowest BCUT2D eigenvalue weighted by atomic mass is 10.3. The van der Waals surface area contributed by atoms with Gasteiger partial charge in [0.05, 0.1) is 6.54 Å². The molecule has 1 aliphatic rings. The largest absolute Gasteiger partial charge is 0.351 e. The Hall–Kier alpha value is -0.680. The average molecular weight is 249 g/mol. The molecule has 1 saturated heterocycles. The number of carbonyl (C=O) groups excluding carboxylic acids is 2. The van der Waals surface area contributed by atoms with Crippen LogP contribution in [0.15, 0.2) is 11.6 Å². The van der Waals surface area contributed by atoms with Crippen LogP contribution in [0.5, 0.6) is 0 Å². The van der Waals surface area contributed by atoms with Crippen LogP contribution in [0.1, 0.15) is 6.42 Å². The molecule has 1 N–H and O–H groups in total. The van der Waals surface area contributed by atoms with Crippen molar-refractivity contribution in [3.8, 4) is 0 Å². The summed E-state index contributed by atoms with van der Waals surface area (Å²) in [5, 5.41) is 3.06. The molecular formula is C9H13ClN2O2S. The molecule has 4 nitrogen and oxygen atoms in total. The van der Waals surface area contributed by atoms with Crippen molar-refractivity contribution >= 4 is 34.5 Å². The van der Waals surface area contributed by atoms with Crippen LogP contribution in [0.3, 0.4) is 0 Å². The van der Waals surface area contributed by atoms with Gasteiger partial charge in [0.15, 0.2) is 0 Å². The smallest absolute Gasteiger partial charge is 0.281 e. The van der Waals surface area contributed by atoms with Crippen LogP contribution >= 0.6 is 23.4 Å². The number of amides is 2. The van der Waals surface area contributed by atoms with E-state index < -0.39 is 0 Å². The summed E-state index contributed by atoms with van der Waals surface area (Å²) in [6, 6.07) is 0. The zero-order valence-corrected chi connectivity index (χ0v) is 9.86. The first-order chi connectivity index (χ1) is 7.09. The summed E-state index contributed by atoms with van der Waals surface area (Å²) in [4.78, 5) is 24.1. The first-order valence-electron chi connectivity index (χ1n) is 4.61. The Bertz CT molecular complexity index is 283. The van der Waals surface area contributed by atoms with E-state index in [0.717, 1.165) is 12.3 Å². The van der Waals surface area contributed by atoms with E-state index >= 15 is 0 Å². The molecule has 0 spiro atoms. The Morgan fingerprint density at radius 1 is 1.67 bits per heavy atom. The van der Waals surface area contributed by atoms with Crippen LogP contribution in [0.2, 0.25) is 0 Å². The molecule has 0 saturated carbocycles. The molecule has 0 aromatic carbocycles. The van der Waals surface area contributed by atoms with Gasteiger partial charge >= 0.3 is 0 Å². The number of carbonyl (C=O) groups is 2. The molecular weight excluding hydrogens is 236 g/mol. The Labute approximate surface area is 98.0 Å². The molecule has 0 unspecified atom stereocenters. The van der Waals surface area contributed by atoms with Gasteiger partial charge in [0.25, 0.3) is 5.24 Å². The minimum atomic E-state index is -0.110. The number of rotatable bonds is 5. The fraction of sp³-hybridized carbons (Fsp3) is 0.556.